The number of aromatic nitrogens is 5. The molecule has 10 aromatic rings. The Hall–Kier alpha value is -7.63. The van der Waals surface area contributed by atoms with E-state index in [1.165, 1.54) is 5.56 Å². The molecule has 6 aromatic carbocycles. The average Bonchev–Trinajstić information content (AvgIpc) is 3.29. The number of fused-ring (bicyclic) bond motifs is 3. The van der Waals surface area contributed by atoms with Crippen molar-refractivity contribution in [2.24, 2.45) is 0 Å². The van der Waals surface area contributed by atoms with E-state index in [0.29, 0.717) is 5.82 Å². The standard InChI is InChI=1S/C52H35N5/c1-34-17-18-40-27-28-45-46(44-16-9-29-53-33-44)31-47(55-51(45)50(40)54-34)39-23-19-37(20-24-39)42-14-8-15-43(30-42)49-32-48(38-12-6-3-7-13-38)56-52(57-49)41-25-21-36(22-26-41)35-10-4-2-5-11-35/h2-33H,1H3. The lowest BCUT2D eigenvalue weighted by Gasteiger charge is -2.13. The first-order chi connectivity index (χ1) is 28.1. The molecule has 0 saturated carbocycles. The van der Waals surface area contributed by atoms with Gasteiger partial charge in [0.25, 0.3) is 0 Å². The van der Waals surface area contributed by atoms with Gasteiger partial charge in [-0.25, -0.2) is 15.0 Å². The Balaban J connectivity index is 1.02. The van der Waals surface area contributed by atoms with E-state index in [4.69, 9.17) is 19.9 Å². The van der Waals surface area contributed by atoms with Crippen LogP contribution in [0.2, 0.25) is 0 Å². The van der Waals surface area contributed by atoms with E-state index in [0.717, 1.165) is 94.7 Å². The lowest BCUT2D eigenvalue weighted by Crippen LogP contribution is -1.96. The molecule has 0 aliphatic rings. The van der Waals surface area contributed by atoms with E-state index in [1.807, 2.05) is 49.5 Å². The molecule has 10 rings (SSSR count). The van der Waals surface area contributed by atoms with Gasteiger partial charge in [-0.2, -0.15) is 0 Å². The van der Waals surface area contributed by atoms with Gasteiger partial charge in [0, 0.05) is 56.7 Å². The van der Waals surface area contributed by atoms with Crippen molar-refractivity contribution in [3.8, 4) is 78.5 Å². The third-order valence-electron chi connectivity index (χ3n) is 10.5. The van der Waals surface area contributed by atoms with Crippen molar-refractivity contribution in [2.45, 2.75) is 6.92 Å². The van der Waals surface area contributed by atoms with Crippen molar-refractivity contribution in [3.63, 3.8) is 0 Å². The molecular weight excluding hydrogens is 695 g/mol. The molecule has 0 bridgehead atoms. The second-order valence-electron chi connectivity index (χ2n) is 14.2. The Morgan fingerprint density at radius 2 is 0.912 bits per heavy atom. The van der Waals surface area contributed by atoms with E-state index in [2.05, 4.69) is 151 Å². The molecule has 5 nitrogen and oxygen atoms in total. The molecule has 4 aromatic heterocycles. The molecule has 5 heteroatoms. The van der Waals surface area contributed by atoms with Gasteiger partial charge < -0.3 is 0 Å². The third kappa shape index (κ3) is 6.72. The number of pyridine rings is 3. The molecule has 0 N–H and O–H groups in total. The van der Waals surface area contributed by atoms with Gasteiger partial charge in [-0.3, -0.25) is 9.97 Å². The topological polar surface area (TPSA) is 64.5 Å². The summed E-state index contributed by atoms with van der Waals surface area (Å²) in [5, 5.41) is 2.12. The first kappa shape index (κ1) is 33.9. The highest BCUT2D eigenvalue weighted by atomic mass is 14.9. The molecule has 0 unspecified atom stereocenters. The first-order valence-corrected chi connectivity index (χ1v) is 19.1. The molecule has 57 heavy (non-hydrogen) atoms. The second kappa shape index (κ2) is 14.5. The average molecular weight is 730 g/mol. The maximum absolute atomic E-state index is 5.25. The number of benzene rings is 6. The van der Waals surface area contributed by atoms with Crippen LogP contribution >= 0.6 is 0 Å². The van der Waals surface area contributed by atoms with Gasteiger partial charge in [-0.15, -0.1) is 0 Å². The zero-order chi connectivity index (χ0) is 38.1. The first-order valence-electron chi connectivity index (χ1n) is 19.1. The summed E-state index contributed by atoms with van der Waals surface area (Å²) in [6.07, 6.45) is 3.71. The van der Waals surface area contributed by atoms with Gasteiger partial charge in [0.2, 0.25) is 0 Å². The summed E-state index contributed by atoms with van der Waals surface area (Å²) in [4.78, 5) is 24.8. The summed E-state index contributed by atoms with van der Waals surface area (Å²) in [7, 11) is 0. The fourth-order valence-corrected chi connectivity index (χ4v) is 7.49. The van der Waals surface area contributed by atoms with Crippen LogP contribution in [0.1, 0.15) is 5.69 Å². The molecule has 268 valence electrons. The second-order valence-corrected chi connectivity index (χ2v) is 14.2. The van der Waals surface area contributed by atoms with Crippen LogP contribution < -0.4 is 0 Å². The van der Waals surface area contributed by atoms with Gasteiger partial charge in [-0.05, 0) is 65.1 Å². The molecule has 0 spiro atoms. The Labute approximate surface area is 331 Å². The summed E-state index contributed by atoms with van der Waals surface area (Å²) in [5.41, 5.74) is 16.1. The van der Waals surface area contributed by atoms with E-state index in [9.17, 15) is 0 Å². The SMILES string of the molecule is Cc1ccc2ccc3c(-c4cccnc4)cc(-c4ccc(-c5cccc(-c6cc(-c7ccccc7)nc(-c7ccc(-c8ccccc8)cc7)n6)c5)cc4)nc3c2n1. The highest BCUT2D eigenvalue weighted by molar-refractivity contribution is 6.09. The Kier molecular flexibility index (Phi) is 8.65. The molecule has 0 amide bonds. The van der Waals surface area contributed by atoms with Crippen LogP contribution in [-0.2, 0) is 0 Å². The molecule has 0 aliphatic carbocycles. The molecule has 4 heterocycles. The van der Waals surface area contributed by atoms with Gasteiger partial charge in [-0.1, -0.05) is 152 Å². The zero-order valence-corrected chi connectivity index (χ0v) is 31.2. The minimum absolute atomic E-state index is 0.687. The maximum Gasteiger partial charge on any atom is 0.160 e. The number of nitrogens with zero attached hydrogens (tertiary/aromatic N) is 5. The lowest BCUT2D eigenvalue weighted by molar-refractivity contribution is 1.18. The minimum atomic E-state index is 0.687. The van der Waals surface area contributed by atoms with Crippen LogP contribution in [0.4, 0.5) is 0 Å². The molecular formula is C52H35N5. The smallest absolute Gasteiger partial charge is 0.160 e. The predicted octanol–water partition coefficient (Wildman–Crippen LogP) is 12.9. The lowest BCUT2D eigenvalue weighted by atomic mass is 9.96. The van der Waals surface area contributed by atoms with E-state index in [-0.39, 0.29) is 0 Å². The van der Waals surface area contributed by atoms with Crippen molar-refractivity contribution in [1.82, 2.24) is 24.9 Å². The van der Waals surface area contributed by atoms with E-state index < -0.39 is 0 Å². The maximum atomic E-state index is 5.25. The summed E-state index contributed by atoms with van der Waals surface area (Å²) in [6, 6.07) is 63.2. The predicted molar refractivity (Wildman–Crippen MR) is 233 cm³/mol. The Bertz CT molecular complexity index is 3040. The minimum Gasteiger partial charge on any atom is -0.264 e. The van der Waals surface area contributed by atoms with Crippen LogP contribution in [0.5, 0.6) is 0 Å². The monoisotopic (exact) mass is 729 g/mol. The third-order valence-corrected chi connectivity index (χ3v) is 10.5. The largest absolute Gasteiger partial charge is 0.264 e. The van der Waals surface area contributed by atoms with Crippen molar-refractivity contribution < 1.29 is 0 Å². The van der Waals surface area contributed by atoms with Crippen molar-refractivity contribution >= 4 is 21.8 Å². The fourth-order valence-electron chi connectivity index (χ4n) is 7.49. The van der Waals surface area contributed by atoms with Crippen LogP contribution in [0.25, 0.3) is 100 Å². The van der Waals surface area contributed by atoms with E-state index >= 15 is 0 Å². The summed E-state index contributed by atoms with van der Waals surface area (Å²) >= 11 is 0. The number of hydrogen-bond donors (Lipinski definition) is 0. The highest BCUT2D eigenvalue weighted by Gasteiger charge is 2.15. The van der Waals surface area contributed by atoms with Gasteiger partial charge in [0.1, 0.15) is 0 Å². The van der Waals surface area contributed by atoms with Crippen molar-refractivity contribution in [1.29, 1.82) is 0 Å². The van der Waals surface area contributed by atoms with Crippen LogP contribution in [0.3, 0.4) is 0 Å². The van der Waals surface area contributed by atoms with Crippen LogP contribution in [0.15, 0.2) is 194 Å². The van der Waals surface area contributed by atoms with Crippen molar-refractivity contribution in [2.75, 3.05) is 0 Å². The highest BCUT2D eigenvalue weighted by Crippen LogP contribution is 2.36. The van der Waals surface area contributed by atoms with Gasteiger partial charge in [0.05, 0.1) is 28.1 Å². The van der Waals surface area contributed by atoms with Gasteiger partial charge in [0.15, 0.2) is 5.82 Å². The van der Waals surface area contributed by atoms with Crippen LogP contribution in [0, 0.1) is 6.92 Å². The van der Waals surface area contributed by atoms with Crippen molar-refractivity contribution in [3.05, 3.63) is 200 Å². The van der Waals surface area contributed by atoms with Gasteiger partial charge >= 0.3 is 0 Å². The number of rotatable bonds is 7. The zero-order valence-electron chi connectivity index (χ0n) is 31.2. The summed E-state index contributed by atoms with van der Waals surface area (Å²) in [6.45, 7) is 2.02. The summed E-state index contributed by atoms with van der Waals surface area (Å²) in [5.74, 6) is 0.687. The quantitative estimate of drug-likeness (QED) is 0.153. The Morgan fingerprint density at radius 3 is 1.65 bits per heavy atom. The normalized spacial score (nSPS) is 11.2. The van der Waals surface area contributed by atoms with E-state index in [1.54, 1.807) is 6.20 Å². The van der Waals surface area contributed by atoms with Crippen LogP contribution in [-0.4, -0.2) is 24.9 Å². The molecule has 0 atom stereocenters. The molecule has 0 radical (unpaired) electrons. The number of hydrogen-bond acceptors (Lipinski definition) is 5. The molecule has 0 aliphatic heterocycles. The Morgan fingerprint density at radius 1 is 0.351 bits per heavy atom. The fraction of sp³-hybridized carbons (Fsp3) is 0.0192. The molecule has 0 saturated heterocycles. The summed E-state index contributed by atoms with van der Waals surface area (Å²) < 4.78 is 0. The number of aryl methyl sites for hydroxylation is 1. The molecule has 0 fully saturated rings.